The molecule has 1 N–H and O–H groups in total. The van der Waals surface area contributed by atoms with Gasteiger partial charge >= 0.3 is 0 Å². The van der Waals surface area contributed by atoms with Gasteiger partial charge in [0.25, 0.3) is 0 Å². The number of hydrogen-bond acceptors (Lipinski definition) is 3. The minimum absolute atomic E-state index is 0.00179. The molecular formula is C15H24N2O3. The zero-order valence-electron chi connectivity index (χ0n) is 12.4. The lowest BCUT2D eigenvalue weighted by Gasteiger charge is -2.44. The van der Waals surface area contributed by atoms with Gasteiger partial charge in [0.2, 0.25) is 11.8 Å². The molecule has 3 atom stereocenters. The first-order valence-electron chi connectivity index (χ1n) is 7.78. The van der Waals surface area contributed by atoms with Gasteiger partial charge in [-0.25, -0.2) is 0 Å². The summed E-state index contributed by atoms with van der Waals surface area (Å²) in [4.78, 5) is 26.9. The third kappa shape index (κ3) is 2.12. The number of nitrogens with zero attached hydrogens (tertiary/aromatic N) is 1. The summed E-state index contributed by atoms with van der Waals surface area (Å²) < 4.78 is 5.58. The summed E-state index contributed by atoms with van der Waals surface area (Å²) in [6.07, 6.45) is 4.79. The van der Waals surface area contributed by atoms with Crippen molar-refractivity contribution in [2.45, 2.75) is 63.6 Å². The van der Waals surface area contributed by atoms with Crippen LogP contribution in [0.5, 0.6) is 0 Å². The molecule has 2 heterocycles. The maximum absolute atomic E-state index is 12.9. The van der Waals surface area contributed by atoms with E-state index in [0.717, 1.165) is 38.7 Å². The fraction of sp³-hybridized carbons (Fsp3) is 0.867. The number of nitrogens with one attached hydrogen (secondary N) is 1. The molecule has 3 unspecified atom stereocenters. The quantitative estimate of drug-likeness (QED) is 0.823. The van der Waals surface area contributed by atoms with Crippen LogP contribution in [0.3, 0.4) is 0 Å². The van der Waals surface area contributed by atoms with E-state index in [1.807, 2.05) is 6.92 Å². The van der Waals surface area contributed by atoms with Gasteiger partial charge in [0.1, 0.15) is 11.6 Å². The molecule has 5 heteroatoms. The van der Waals surface area contributed by atoms with Gasteiger partial charge < -0.3 is 15.0 Å². The van der Waals surface area contributed by atoms with Gasteiger partial charge in [-0.05, 0) is 33.1 Å². The summed E-state index contributed by atoms with van der Waals surface area (Å²) in [5, 5.41) is 3.00. The summed E-state index contributed by atoms with van der Waals surface area (Å²) in [6.45, 7) is 5.30. The van der Waals surface area contributed by atoms with Crippen molar-refractivity contribution in [3.8, 4) is 0 Å². The fourth-order valence-electron chi connectivity index (χ4n) is 3.81. The monoisotopic (exact) mass is 280 g/mol. The lowest BCUT2D eigenvalue weighted by Crippen LogP contribution is -2.69. The predicted molar refractivity (Wildman–Crippen MR) is 74.0 cm³/mol. The van der Waals surface area contributed by atoms with E-state index in [2.05, 4.69) is 12.2 Å². The Morgan fingerprint density at radius 1 is 1.30 bits per heavy atom. The number of hydrogen-bond donors (Lipinski definition) is 1. The van der Waals surface area contributed by atoms with Crippen molar-refractivity contribution >= 4 is 11.8 Å². The van der Waals surface area contributed by atoms with Crippen LogP contribution in [0.4, 0.5) is 0 Å². The zero-order chi connectivity index (χ0) is 14.3. The van der Waals surface area contributed by atoms with Gasteiger partial charge in [-0.15, -0.1) is 0 Å². The second kappa shape index (κ2) is 5.02. The SMILES string of the molecule is CC1OCCC1CN1C(=O)C2(CCCC2)NC(=O)C1C. The minimum atomic E-state index is -0.605. The Balaban J connectivity index is 1.79. The number of rotatable bonds is 2. The topological polar surface area (TPSA) is 58.6 Å². The molecule has 2 aliphatic heterocycles. The Morgan fingerprint density at radius 2 is 2.00 bits per heavy atom. The molecule has 0 aromatic rings. The summed E-state index contributed by atoms with van der Waals surface area (Å²) in [5.41, 5.74) is -0.605. The number of piperazine rings is 1. The van der Waals surface area contributed by atoms with Gasteiger partial charge in [0.15, 0.2) is 0 Å². The molecule has 1 saturated carbocycles. The molecule has 1 spiro atoms. The van der Waals surface area contributed by atoms with Crippen molar-refractivity contribution in [3.05, 3.63) is 0 Å². The molecule has 0 aromatic heterocycles. The highest BCUT2D eigenvalue weighted by Gasteiger charge is 2.51. The highest BCUT2D eigenvalue weighted by Crippen LogP contribution is 2.35. The highest BCUT2D eigenvalue weighted by molar-refractivity contribution is 5.99. The number of ether oxygens (including phenoxy) is 1. The van der Waals surface area contributed by atoms with Crippen LogP contribution in [0.25, 0.3) is 0 Å². The van der Waals surface area contributed by atoms with Gasteiger partial charge in [-0.2, -0.15) is 0 Å². The van der Waals surface area contributed by atoms with Crippen molar-refractivity contribution in [2.24, 2.45) is 5.92 Å². The van der Waals surface area contributed by atoms with Crippen LogP contribution >= 0.6 is 0 Å². The van der Waals surface area contributed by atoms with E-state index >= 15 is 0 Å². The molecule has 0 radical (unpaired) electrons. The van der Waals surface area contributed by atoms with Crippen molar-refractivity contribution < 1.29 is 14.3 Å². The van der Waals surface area contributed by atoms with Crippen molar-refractivity contribution in [1.82, 2.24) is 10.2 Å². The molecule has 2 saturated heterocycles. The van der Waals surface area contributed by atoms with Crippen molar-refractivity contribution in [3.63, 3.8) is 0 Å². The van der Waals surface area contributed by atoms with Crippen LogP contribution in [0.15, 0.2) is 0 Å². The first-order valence-corrected chi connectivity index (χ1v) is 7.78. The average molecular weight is 280 g/mol. The lowest BCUT2D eigenvalue weighted by molar-refractivity contribution is -0.155. The van der Waals surface area contributed by atoms with Crippen LogP contribution in [-0.2, 0) is 14.3 Å². The molecule has 3 fully saturated rings. The maximum atomic E-state index is 12.9. The Labute approximate surface area is 120 Å². The van der Waals surface area contributed by atoms with Crippen LogP contribution in [0, 0.1) is 5.92 Å². The van der Waals surface area contributed by atoms with Gasteiger partial charge in [0.05, 0.1) is 6.10 Å². The molecule has 20 heavy (non-hydrogen) atoms. The average Bonchev–Trinajstić information content (AvgIpc) is 3.03. The summed E-state index contributed by atoms with van der Waals surface area (Å²) >= 11 is 0. The van der Waals surface area contributed by atoms with Crippen LogP contribution in [0.1, 0.15) is 46.0 Å². The first kappa shape index (κ1) is 13.9. The van der Waals surface area contributed by atoms with Crippen molar-refractivity contribution in [2.75, 3.05) is 13.2 Å². The van der Waals surface area contributed by atoms with E-state index in [-0.39, 0.29) is 24.0 Å². The largest absolute Gasteiger partial charge is 0.378 e. The Bertz CT molecular complexity index is 417. The highest BCUT2D eigenvalue weighted by atomic mass is 16.5. The maximum Gasteiger partial charge on any atom is 0.249 e. The molecule has 3 aliphatic rings. The van der Waals surface area contributed by atoms with Crippen LogP contribution < -0.4 is 5.32 Å². The number of amides is 2. The molecule has 3 rings (SSSR count). The van der Waals surface area contributed by atoms with E-state index in [0.29, 0.717) is 12.5 Å². The summed E-state index contributed by atoms with van der Waals surface area (Å²) in [7, 11) is 0. The normalized spacial score (nSPS) is 36.7. The van der Waals surface area contributed by atoms with Gasteiger partial charge in [0, 0.05) is 19.1 Å². The fourth-order valence-corrected chi connectivity index (χ4v) is 3.81. The minimum Gasteiger partial charge on any atom is -0.378 e. The molecule has 2 amide bonds. The molecular weight excluding hydrogens is 256 g/mol. The van der Waals surface area contributed by atoms with Crippen molar-refractivity contribution in [1.29, 1.82) is 0 Å². The van der Waals surface area contributed by atoms with Gasteiger partial charge in [-0.3, -0.25) is 9.59 Å². The predicted octanol–water partition coefficient (Wildman–Crippen LogP) is 1.07. The first-order chi connectivity index (χ1) is 9.53. The molecule has 1 aliphatic carbocycles. The van der Waals surface area contributed by atoms with E-state index in [4.69, 9.17) is 4.74 Å². The molecule has 5 nitrogen and oxygen atoms in total. The lowest BCUT2D eigenvalue weighted by atomic mass is 9.89. The van der Waals surface area contributed by atoms with Crippen LogP contribution in [0.2, 0.25) is 0 Å². The summed E-state index contributed by atoms with van der Waals surface area (Å²) in [6, 6.07) is -0.360. The third-order valence-electron chi connectivity index (χ3n) is 5.30. The Morgan fingerprint density at radius 3 is 2.60 bits per heavy atom. The molecule has 112 valence electrons. The number of carbonyl (C=O) groups excluding carboxylic acids is 2. The molecule has 0 aromatic carbocycles. The second-order valence-electron chi connectivity index (χ2n) is 6.54. The van der Waals surface area contributed by atoms with Crippen LogP contribution in [-0.4, -0.2) is 47.6 Å². The van der Waals surface area contributed by atoms with E-state index < -0.39 is 5.54 Å². The van der Waals surface area contributed by atoms with E-state index in [1.54, 1.807) is 4.90 Å². The van der Waals surface area contributed by atoms with Gasteiger partial charge in [-0.1, -0.05) is 12.8 Å². The molecule has 0 bridgehead atoms. The Hall–Kier alpha value is -1.10. The zero-order valence-corrected chi connectivity index (χ0v) is 12.4. The third-order valence-corrected chi connectivity index (χ3v) is 5.30. The smallest absolute Gasteiger partial charge is 0.249 e. The van der Waals surface area contributed by atoms with E-state index in [9.17, 15) is 9.59 Å². The summed E-state index contributed by atoms with van der Waals surface area (Å²) in [5.74, 6) is 0.477. The van der Waals surface area contributed by atoms with E-state index in [1.165, 1.54) is 0 Å². The second-order valence-corrected chi connectivity index (χ2v) is 6.54. The number of carbonyl (C=O) groups is 2. The Kier molecular flexibility index (Phi) is 3.48. The standard InChI is InChI=1S/C15H24N2O3/c1-10-13(18)16-15(6-3-4-7-15)14(19)17(10)9-12-5-8-20-11(12)2/h10-12H,3-9H2,1-2H3,(H,16,18).